The van der Waals surface area contributed by atoms with Crippen LogP contribution in [0.15, 0.2) is 36.7 Å². The topological polar surface area (TPSA) is 47.3 Å². The van der Waals surface area contributed by atoms with Gasteiger partial charge < -0.3 is 9.84 Å². The molecule has 0 spiro atoms. The molecule has 1 aliphatic rings. The lowest BCUT2D eigenvalue weighted by Crippen LogP contribution is -2.02. The molecule has 4 heteroatoms. The lowest BCUT2D eigenvalue weighted by molar-refractivity contribution is 0.220. The van der Waals surface area contributed by atoms with Gasteiger partial charge in [-0.15, -0.1) is 0 Å². The fourth-order valence-corrected chi connectivity index (χ4v) is 2.08. The van der Waals surface area contributed by atoms with Crippen molar-refractivity contribution in [2.75, 3.05) is 0 Å². The average molecular weight is 272 g/mol. The Morgan fingerprint density at radius 2 is 1.90 bits per heavy atom. The molecule has 4 nitrogen and oxygen atoms in total. The van der Waals surface area contributed by atoms with E-state index in [0.717, 1.165) is 29.7 Å². The summed E-state index contributed by atoms with van der Waals surface area (Å²) in [6.45, 7) is 4.13. The first-order valence-electron chi connectivity index (χ1n) is 7.12. The van der Waals surface area contributed by atoms with Crippen LogP contribution >= 0.6 is 0 Å². The van der Waals surface area contributed by atoms with Crippen molar-refractivity contribution >= 4 is 0 Å². The highest BCUT2D eigenvalue weighted by Gasteiger charge is 2.23. The van der Waals surface area contributed by atoms with Gasteiger partial charge >= 0.3 is 0 Å². The molecule has 0 saturated heterocycles. The molecule has 3 rings (SSSR count). The predicted octanol–water partition coefficient (Wildman–Crippen LogP) is 3.09. The maximum atomic E-state index is 10.4. The van der Waals surface area contributed by atoms with Crippen LogP contribution in [0, 0.1) is 0 Å². The molecule has 1 atom stereocenters. The minimum atomic E-state index is -0.641. The van der Waals surface area contributed by atoms with Crippen molar-refractivity contribution in [3.63, 3.8) is 0 Å². The van der Waals surface area contributed by atoms with Gasteiger partial charge in [-0.2, -0.15) is 5.10 Å². The molecular formula is C16H20N2O2. The summed E-state index contributed by atoms with van der Waals surface area (Å²) in [5.41, 5.74) is 1.67. The minimum absolute atomic E-state index is 0.297. The zero-order valence-corrected chi connectivity index (χ0v) is 11.9. The summed E-state index contributed by atoms with van der Waals surface area (Å²) in [7, 11) is 0. The van der Waals surface area contributed by atoms with Gasteiger partial charge in [-0.1, -0.05) is 12.1 Å². The van der Waals surface area contributed by atoms with Crippen molar-refractivity contribution < 1.29 is 9.84 Å². The predicted molar refractivity (Wildman–Crippen MR) is 76.8 cm³/mol. The summed E-state index contributed by atoms with van der Waals surface area (Å²) in [6.07, 6.45) is 5.67. The summed E-state index contributed by atoms with van der Waals surface area (Å²) >= 11 is 0. The summed E-state index contributed by atoms with van der Waals surface area (Å²) in [4.78, 5) is 0. The molecular weight excluding hydrogens is 252 g/mol. The van der Waals surface area contributed by atoms with Gasteiger partial charge in [0.1, 0.15) is 11.9 Å². The van der Waals surface area contributed by atoms with E-state index in [2.05, 4.69) is 18.9 Å². The van der Waals surface area contributed by atoms with Gasteiger partial charge in [-0.05, 0) is 44.4 Å². The van der Waals surface area contributed by atoms with Crippen molar-refractivity contribution in [1.29, 1.82) is 0 Å². The molecule has 1 saturated carbocycles. The number of aromatic nitrogens is 2. The van der Waals surface area contributed by atoms with E-state index in [9.17, 15) is 5.11 Å². The Morgan fingerprint density at radius 1 is 1.20 bits per heavy atom. The molecule has 0 radical (unpaired) electrons. The van der Waals surface area contributed by atoms with Crippen LogP contribution in [0.5, 0.6) is 5.75 Å². The molecule has 0 amide bonds. The van der Waals surface area contributed by atoms with Gasteiger partial charge in [0, 0.05) is 17.8 Å². The third-order valence-corrected chi connectivity index (χ3v) is 3.49. The first-order chi connectivity index (χ1) is 9.63. The third kappa shape index (κ3) is 2.85. The maximum Gasteiger partial charge on any atom is 0.119 e. The Bertz CT molecular complexity index is 570. The highest BCUT2D eigenvalue weighted by atomic mass is 16.5. The van der Waals surface area contributed by atoms with Crippen LogP contribution in [0.4, 0.5) is 0 Å². The third-order valence-electron chi connectivity index (χ3n) is 3.49. The Labute approximate surface area is 119 Å². The fraction of sp³-hybridized carbons (Fsp3) is 0.438. The molecule has 1 N–H and O–H groups in total. The lowest BCUT2D eigenvalue weighted by atomic mass is 10.0. The van der Waals surface area contributed by atoms with E-state index in [1.54, 1.807) is 6.20 Å². The second-order valence-electron chi connectivity index (χ2n) is 5.64. The molecule has 20 heavy (non-hydrogen) atoms. The van der Waals surface area contributed by atoms with Gasteiger partial charge in [0.2, 0.25) is 0 Å². The number of aliphatic hydroxyl groups is 1. The largest absolute Gasteiger partial charge is 0.490 e. The number of benzene rings is 1. The van der Waals surface area contributed by atoms with E-state index in [-0.39, 0.29) is 0 Å². The molecule has 1 heterocycles. The molecule has 1 aromatic heterocycles. The molecule has 106 valence electrons. The normalized spacial score (nSPS) is 16.4. The smallest absolute Gasteiger partial charge is 0.119 e. The first-order valence-corrected chi connectivity index (χ1v) is 7.12. The van der Waals surface area contributed by atoms with Crippen LogP contribution in [0.25, 0.3) is 0 Å². The summed E-state index contributed by atoms with van der Waals surface area (Å²) < 4.78 is 7.55. The van der Waals surface area contributed by atoms with Gasteiger partial charge in [0.15, 0.2) is 0 Å². The molecule has 0 bridgehead atoms. The fourth-order valence-electron chi connectivity index (χ4n) is 2.08. The van der Waals surface area contributed by atoms with Crippen molar-refractivity contribution in [3.05, 3.63) is 47.8 Å². The average Bonchev–Trinajstić information content (AvgIpc) is 3.11. The Balaban J connectivity index is 1.73. The number of hydrogen-bond donors (Lipinski definition) is 1. The number of hydrogen-bond acceptors (Lipinski definition) is 3. The van der Waals surface area contributed by atoms with E-state index in [1.807, 2.05) is 35.1 Å². The molecule has 2 aromatic rings. The second kappa shape index (κ2) is 5.29. The highest BCUT2D eigenvalue weighted by Crippen LogP contribution is 2.28. The first kappa shape index (κ1) is 13.2. The van der Waals surface area contributed by atoms with Crippen molar-refractivity contribution in [2.45, 2.75) is 44.9 Å². The SMILES string of the molecule is CC(C)n1cc(C(O)c2ccc(OC3CC3)cc2)cn1. The van der Waals surface area contributed by atoms with Gasteiger partial charge in [0.25, 0.3) is 0 Å². The Hall–Kier alpha value is -1.81. The number of rotatable bonds is 5. The molecule has 1 aliphatic carbocycles. The van der Waals surface area contributed by atoms with Crippen LogP contribution in [0.2, 0.25) is 0 Å². The molecule has 1 unspecified atom stereocenters. The zero-order chi connectivity index (χ0) is 14.1. The van der Waals surface area contributed by atoms with Gasteiger partial charge in [-0.25, -0.2) is 0 Å². The lowest BCUT2D eigenvalue weighted by Gasteiger charge is -2.10. The maximum absolute atomic E-state index is 10.4. The van der Waals surface area contributed by atoms with E-state index < -0.39 is 6.10 Å². The zero-order valence-electron chi connectivity index (χ0n) is 11.9. The van der Waals surface area contributed by atoms with Crippen LogP contribution in [0.1, 0.15) is 50.0 Å². The van der Waals surface area contributed by atoms with E-state index in [0.29, 0.717) is 12.1 Å². The Kier molecular flexibility index (Phi) is 3.49. The van der Waals surface area contributed by atoms with Crippen LogP contribution in [-0.2, 0) is 0 Å². The highest BCUT2D eigenvalue weighted by molar-refractivity contribution is 5.33. The van der Waals surface area contributed by atoms with Crippen LogP contribution < -0.4 is 4.74 Å². The monoisotopic (exact) mass is 272 g/mol. The minimum Gasteiger partial charge on any atom is -0.490 e. The van der Waals surface area contributed by atoms with Crippen LogP contribution in [0.3, 0.4) is 0 Å². The summed E-state index contributed by atoms with van der Waals surface area (Å²) in [5, 5.41) is 14.6. The standard InChI is InChI=1S/C16H20N2O2/c1-11(2)18-10-13(9-17-18)16(19)12-3-5-14(6-4-12)20-15-7-8-15/h3-6,9-11,15-16,19H,7-8H2,1-2H3. The van der Waals surface area contributed by atoms with Gasteiger partial charge in [0.05, 0.1) is 12.3 Å². The van der Waals surface area contributed by atoms with Gasteiger partial charge in [-0.3, -0.25) is 4.68 Å². The Morgan fingerprint density at radius 3 is 2.45 bits per heavy atom. The van der Waals surface area contributed by atoms with Crippen molar-refractivity contribution in [3.8, 4) is 5.75 Å². The molecule has 0 aliphatic heterocycles. The quantitative estimate of drug-likeness (QED) is 0.910. The van der Waals surface area contributed by atoms with E-state index >= 15 is 0 Å². The second-order valence-corrected chi connectivity index (χ2v) is 5.64. The number of ether oxygens (including phenoxy) is 1. The van der Waals surface area contributed by atoms with Crippen LogP contribution in [-0.4, -0.2) is 21.0 Å². The molecule has 1 aromatic carbocycles. The number of nitrogens with zero attached hydrogens (tertiary/aromatic N) is 2. The summed E-state index contributed by atoms with van der Waals surface area (Å²) in [6, 6.07) is 7.96. The van der Waals surface area contributed by atoms with E-state index in [1.165, 1.54) is 0 Å². The van der Waals surface area contributed by atoms with E-state index in [4.69, 9.17) is 4.74 Å². The van der Waals surface area contributed by atoms with Crippen molar-refractivity contribution in [2.24, 2.45) is 0 Å². The van der Waals surface area contributed by atoms with Crippen molar-refractivity contribution in [1.82, 2.24) is 9.78 Å². The number of aliphatic hydroxyl groups excluding tert-OH is 1. The molecule has 1 fully saturated rings. The summed E-state index contributed by atoms with van der Waals surface area (Å²) in [5.74, 6) is 0.876.